The lowest BCUT2D eigenvalue weighted by atomic mass is 10.0. The summed E-state index contributed by atoms with van der Waals surface area (Å²) in [5.74, 6) is -1.02. The third-order valence-corrected chi connectivity index (χ3v) is 4.08. The monoisotopic (exact) mass is 350 g/mol. The number of rotatable bonds is 5. The Labute approximate surface area is 150 Å². The number of benzene rings is 2. The van der Waals surface area contributed by atoms with E-state index >= 15 is 0 Å². The van der Waals surface area contributed by atoms with Crippen molar-refractivity contribution in [1.82, 2.24) is 9.78 Å². The number of hydrogen-bond acceptors (Lipinski definition) is 4. The lowest BCUT2D eigenvalue weighted by molar-refractivity contribution is 0.0696. The van der Waals surface area contributed by atoms with E-state index in [4.69, 9.17) is 5.11 Å². The van der Waals surface area contributed by atoms with Crippen LogP contribution in [0, 0.1) is 6.92 Å². The minimum absolute atomic E-state index is 0.0749. The first-order valence-corrected chi connectivity index (χ1v) is 8.09. The highest BCUT2D eigenvalue weighted by molar-refractivity contribution is 5.87. The van der Waals surface area contributed by atoms with E-state index in [-0.39, 0.29) is 24.3 Å². The molecule has 0 spiro atoms. The molecule has 0 aliphatic heterocycles. The highest BCUT2D eigenvalue weighted by atomic mass is 16.4. The summed E-state index contributed by atoms with van der Waals surface area (Å²) in [6.07, 6.45) is 0. The van der Waals surface area contributed by atoms with Crippen LogP contribution >= 0.6 is 0 Å². The van der Waals surface area contributed by atoms with E-state index in [1.165, 1.54) is 22.9 Å². The molecule has 3 aromatic rings. The molecule has 0 radical (unpaired) electrons. The van der Waals surface area contributed by atoms with Gasteiger partial charge in [0, 0.05) is 11.6 Å². The van der Waals surface area contributed by atoms with E-state index < -0.39 is 5.97 Å². The summed E-state index contributed by atoms with van der Waals surface area (Å²) in [7, 11) is 0. The van der Waals surface area contributed by atoms with Crippen molar-refractivity contribution in [3.63, 3.8) is 0 Å². The molecule has 1 aromatic heterocycles. The third kappa shape index (κ3) is 3.70. The zero-order chi connectivity index (χ0) is 18.7. The number of aliphatic hydroxyl groups is 1. The Morgan fingerprint density at radius 3 is 2.54 bits per heavy atom. The molecule has 6 heteroatoms. The van der Waals surface area contributed by atoms with E-state index in [1.807, 2.05) is 31.2 Å². The van der Waals surface area contributed by atoms with Gasteiger partial charge in [0.05, 0.1) is 24.4 Å². The minimum Gasteiger partial charge on any atom is -0.478 e. The Balaban J connectivity index is 2.02. The maximum atomic E-state index is 12.3. The maximum absolute atomic E-state index is 12.3. The van der Waals surface area contributed by atoms with Crippen molar-refractivity contribution in [1.29, 1.82) is 0 Å². The Hall–Kier alpha value is -3.25. The predicted molar refractivity (Wildman–Crippen MR) is 97.1 cm³/mol. The summed E-state index contributed by atoms with van der Waals surface area (Å²) in [6, 6.07) is 15.3. The number of carboxylic acids is 1. The highest BCUT2D eigenvalue weighted by Gasteiger charge is 2.10. The van der Waals surface area contributed by atoms with Gasteiger partial charge in [0.2, 0.25) is 0 Å². The molecule has 26 heavy (non-hydrogen) atoms. The molecular weight excluding hydrogens is 332 g/mol. The normalized spacial score (nSPS) is 10.7. The maximum Gasteiger partial charge on any atom is 0.335 e. The molecule has 0 unspecified atom stereocenters. The minimum atomic E-state index is -1.02. The fourth-order valence-electron chi connectivity index (χ4n) is 2.77. The number of carbonyl (C=O) groups is 1. The summed E-state index contributed by atoms with van der Waals surface area (Å²) in [5.41, 5.74) is 3.54. The number of carboxylic acid groups (broad SMARTS) is 1. The van der Waals surface area contributed by atoms with Crippen molar-refractivity contribution in [2.45, 2.75) is 20.1 Å². The van der Waals surface area contributed by atoms with Gasteiger partial charge in [-0.05, 0) is 41.8 Å². The number of aromatic carboxylic acids is 1. The number of nitrogens with zero attached hydrogens (tertiary/aromatic N) is 2. The van der Waals surface area contributed by atoms with Crippen LogP contribution < -0.4 is 5.56 Å². The largest absolute Gasteiger partial charge is 0.478 e. The van der Waals surface area contributed by atoms with Crippen molar-refractivity contribution in [2.24, 2.45) is 0 Å². The van der Waals surface area contributed by atoms with Crippen LogP contribution in [0.2, 0.25) is 0 Å². The van der Waals surface area contributed by atoms with Crippen molar-refractivity contribution in [3.05, 3.63) is 87.2 Å². The molecule has 0 fully saturated rings. The SMILES string of the molecule is Cc1cc(=O)n(Cc2cccc(C(=O)O)c2)nc1-c1cccc(CO)c1. The van der Waals surface area contributed by atoms with Gasteiger partial charge in [-0.25, -0.2) is 9.48 Å². The van der Waals surface area contributed by atoms with Crippen LogP contribution in [0.5, 0.6) is 0 Å². The second-order valence-electron chi connectivity index (χ2n) is 6.04. The number of aromatic nitrogens is 2. The van der Waals surface area contributed by atoms with Gasteiger partial charge in [-0.2, -0.15) is 5.10 Å². The Morgan fingerprint density at radius 1 is 1.08 bits per heavy atom. The van der Waals surface area contributed by atoms with Crippen LogP contribution in [0.25, 0.3) is 11.3 Å². The van der Waals surface area contributed by atoms with Crippen LogP contribution in [-0.2, 0) is 13.2 Å². The van der Waals surface area contributed by atoms with Crippen molar-refractivity contribution < 1.29 is 15.0 Å². The molecule has 6 nitrogen and oxygen atoms in total. The number of aliphatic hydroxyl groups excluding tert-OH is 1. The van der Waals surface area contributed by atoms with E-state index in [9.17, 15) is 14.7 Å². The smallest absolute Gasteiger partial charge is 0.335 e. The van der Waals surface area contributed by atoms with E-state index in [2.05, 4.69) is 5.10 Å². The molecule has 3 rings (SSSR count). The Kier molecular flexibility index (Phi) is 4.95. The Bertz CT molecular complexity index is 1020. The average molecular weight is 350 g/mol. The zero-order valence-corrected chi connectivity index (χ0v) is 14.2. The van der Waals surface area contributed by atoms with Crippen LogP contribution in [0.1, 0.15) is 27.0 Å². The van der Waals surface area contributed by atoms with E-state index in [0.717, 1.165) is 16.7 Å². The van der Waals surface area contributed by atoms with Gasteiger partial charge in [-0.15, -0.1) is 0 Å². The van der Waals surface area contributed by atoms with E-state index in [0.29, 0.717) is 11.3 Å². The van der Waals surface area contributed by atoms with Gasteiger partial charge in [0.1, 0.15) is 0 Å². The van der Waals surface area contributed by atoms with Gasteiger partial charge in [-0.3, -0.25) is 4.79 Å². The van der Waals surface area contributed by atoms with Gasteiger partial charge in [0.25, 0.3) is 5.56 Å². The molecule has 1 heterocycles. The van der Waals surface area contributed by atoms with Crippen LogP contribution in [0.4, 0.5) is 0 Å². The summed E-state index contributed by atoms with van der Waals surface area (Å²) in [6.45, 7) is 1.91. The molecular formula is C20H18N2O4. The summed E-state index contributed by atoms with van der Waals surface area (Å²) < 4.78 is 1.31. The predicted octanol–water partition coefficient (Wildman–Crippen LogP) is 2.46. The topological polar surface area (TPSA) is 92.4 Å². The molecule has 0 aliphatic rings. The zero-order valence-electron chi connectivity index (χ0n) is 14.2. The first kappa shape index (κ1) is 17.6. The van der Waals surface area contributed by atoms with Gasteiger partial charge < -0.3 is 10.2 Å². The molecule has 132 valence electrons. The highest BCUT2D eigenvalue weighted by Crippen LogP contribution is 2.21. The van der Waals surface area contributed by atoms with Crippen molar-refractivity contribution in [2.75, 3.05) is 0 Å². The second-order valence-corrected chi connectivity index (χ2v) is 6.04. The van der Waals surface area contributed by atoms with Gasteiger partial charge in [-0.1, -0.05) is 30.3 Å². The number of aryl methyl sites for hydroxylation is 1. The number of hydrogen-bond donors (Lipinski definition) is 2. The molecule has 0 saturated heterocycles. The summed E-state index contributed by atoms with van der Waals surface area (Å²) in [5, 5.41) is 22.9. The van der Waals surface area contributed by atoms with Crippen LogP contribution in [0.3, 0.4) is 0 Å². The standard InChI is InChI=1S/C20H18N2O4/c1-13-8-18(24)22(11-14-4-2-7-17(9-14)20(25)26)21-19(13)16-6-3-5-15(10-16)12-23/h2-10,23H,11-12H2,1H3,(H,25,26). The van der Waals surface area contributed by atoms with E-state index in [1.54, 1.807) is 12.1 Å². The average Bonchev–Trinajstić information content (AvgIpc) is 2.64. The first-order chi connectivity index (χ1) is 12.5. The van der Waals surface area contributed by atoms with Gasteiger partial charge >= 0.3 is 5.97 Å². The molecule has 0 saturated carbocycles. The lowest BCUT2D eigenvalue weighted by Crippen LogP contribution is -2.24. The lowest BCUT2D eigenvalue weighted by Gasteiger charge is -2.11. The first-order valence-electron chi connectivity index (χ1n) is 8.09. The van der Waals surface area contributed by atoms with Crippen LogP contribution in [-0.4, -0.2) is 26.0 Å². The molecule has 0 aliphatic carbocycles. The third-order valence-electron chi connectivity index (χ3n) is 4.08. The summed E-state index contributed by atoms with van der Waals surface area (Å²) in [4.78, 5) is 23.4. The molecule has 0 atom stereocenters. The Morgan fingerprint density at radius 2 is 1.81 bits per heavy atom. The molecule has 2 N–H and O–H groups in total. The quantitative estimate of drug-likeness (QED) is 0.737. The van der Waals surface area contributed by atoms with Crippen LogP contribution in [0.15, 0.2) is 59.4 Å². The fraction of sp³-hybridized carbons (Fsp3) is 0.150. The van der Waals surface area contributed by atoms with Gasteiger partial charge in [0.15, 0.2) is 0 Å². The summed E-state index contributed by atoms with van der Waals surface area (Å²) >= 11 is 0. The van der Waals surface area contributed by atoms with Crippen molar-refractivity contribution in [3.8, 4) is 11.3 Å². The molecule has 0 bridgehead atoms. The fourth-order valence-corrected chi connectivity index (χ4v) is 2.77. The van der Waals surface area contributed by atoms with Crippen molar-refractivity contribution >= 4 is 5.97 Å². The second kappa shape index (κ2) is 7.33. The molecule has 2 aromatic carbocycles. The molecule has 0 amide bonds.